The minimum Gasteiger partial charge on any atom is -0.466 e. The molecule has 54 heavy (non-hydrogen) atoms. The van der Waals surface area contributed by atoms with Crippen LogP contribution in [0.4, 0.5) is 0 Å². The van der Waals surface area contributed by atoms with Gasteiger partial charge in [-0.25, -0.2) is 0 Å². The SMILES string of the molecule is CCCCC[C@H]1[C@@H](/C=C/[C@@H](C/C=C\CCCC(=O)OCC)OC(C)=O)[C@H](O[Si](c2ccccc2)(c2ccccc2)C(C)(C)C)C[C@@H]1O[Si](C)(C)C(C)(C)C. The summed E-state index contributed by atoms with van der Waals surface area (Å²) in [5, 5.41) is 2.45. The molecule has 300 valence electrons. The van der Waals surface area contributed by atoms with Gasteiger partial charge in [-0.15, -0.1) is 0 Å². The quantitative estimate of drug-likeness (QED) is 0.0577. The highest BCUT2D eigenvalue weighted by Crippen LogP contribution is 2.48. The van der Waals surface area contributed by atoms with Crippen molar-refractivity contribution in [1.82, 2.24) is 0 Å². The average Bonchev–Trinajstić information content (AvgIpc) is 3.41. The zero-order chi connectivity index (χ0) is 40.0. The van der Waals surface area contributed by atoms with Gasteiger partial charge in [-0.3, -0.25) is 9.59 Å². The Kier molecular flexibility index (Phi) is 17.7. The van der Waals surface area contributed by atoms with Crippen molar-refractivity contribution in [3.8, 4) is 0 Å². The number of allylic oxidation sites excluding steroid dienone is 1. The van der Waals surface area contributed by atoms with Gasteiger partial charge in [0.1, 0.15) is 6.10 Å². The van der Waals surface area contributed by atoms with E-state index in [0.717, 1.165) is 38.5 Å². The van der Waals surface area contributed by atoms with Crippen LogP contribution in [0, 0.1) is 11.8 Å². The van der Waals surface area contributed by atoms with Gasteiger partial charge < -0.3 is 18.3 Å². The largest absolute Gasteiger partial charge is 0.466 e. The lowest BCUT2D eigenvalue weighted by Crippen LogP contribution is -2.68. The summed E-state index contributed by atoms with van der Waals surface area (Å²) in [6.45, 7) is 24.7. The number of hydrogen-bond donors (Lipinski definition) is 0. The Morgan fingerprint density at radius 3 is 1.94 bits per heavy atom. The monoisotopic (exact) mass is 776 g/mol. The van der Waals surface area contributed by atoms with Crippen LogP contribution in [-0.4, -0.2) is 53.5 Å². The number of carbonyl (C=O) groups is 2. The lowest BCUT2D eigenvalue weighted by Gasteiger charge is -2.45. The maximum absolute atomic E-state index is 12.4. The summed E-state index contributed by atoms with van der Waals surface area (Å²) in [6, 6.07) is 21.8. The summed E-state index contributed by atoms with van der Waals surface area (Å²) < 4.78 is 26.3. The molecule has 2 aromatic rings. The van der Waals surface area contributed by atoms with Crippen molar-refractivity contribution in [3.05, 3.63) is 85.0 Å². The van der Waals surface area contributed by atoms with Crippen molar-refractivity contribution in [3.63, 3.8) is 0 Å². The van der Waals surface area contributed by atoms with E-state index in [9.17, 15) is 9.59 Å². The molecule has 0 aliphatic heterocycles. The molecule has 0 bridgehead atoms. The van der Waals surface area contributed by atoms with Gasteiger partial charge in [-0.1, -0.05) is 147 Å². The van der Waals surface area contributed by atoms with Crippen LogP contribution in [0.5, 0.6) is 0 Å². The smallest absolute Gasteiger partial charge is 0.305 e. The van der Waals surface area contributed by atoms with E-state index in [1.54, 1.807) is 0 Å². The number of rotatable bonds is 20. The molecule has 0 heterocycles. The third-order valence-corrected chi connectivity index (χ3v) is 21.0. The van der Waals surface area contributed by atoms with Crippen molar-refractivity contribution in [2.45, 2.75) is 162 Å². The second kappa shape index (κ2) is 20.9. The highest BCUT2D eigenvalue weighted by atomic mass is 28.4. The fourth-order valence-corrected chi connectivity index (χ4v) is 13.8. The first-order chi connectivity index (χ1) is 25.5. The Balaban J connectivity index is 2.11. The molecule has 1 fully saturated rings. The zero-order valence-corrected chi connectivity index (χ0v) is 37.5. The molecule has 2 aromatic carbocycles. The van der Waals surface area contributed by atoms with Crippen LogP contribution in [0.3, 0.4) is 0 Å². The molecule has 0 amide bonds. The van der Waals surface area contributed by atoms with Crippen molar-refractivity contribution < 1.29 is 27.9 Å². The summed E-state index contributed by atoms with van der Waals surface area (Å²) in [5.41, 5.74) is 0. The molecule has 1 aliphatic rings. The standard InChI is InChI=1S/C46H72O6Si2/c1-12-14-19-31-40-41(34-33-37(50-36(3)47)26-20-15-16-25-32-44(48)49-13-2)43(35-42(40)51-53(10,11)45(4,5)6)52-54(46(7,8)9,38-27-21-17-22-28-38)39-29-23-18-24-30-39/h15,17-18,20-24,27-30,33-34,37,40-43H,12-14,16,19,25-26,31-32,35H2,1-11H3/b20-15-,34-33+/t37-,40+,41-,42+,43-/m1/s1. The number of esters is 2. The van der Waals surface area contributed by atoms with E-state index in [1.165, 1.54) is 23.7 Å². The van der Waals surface area contributed by atoms with Crippen molar-refractivity contribution >= 4 is 38.9 Å². The fourth-order valence-electron chi connectivity index (χ4n) is 7.67. The molecule has 0 spiro atoms. The first-order valence-corrected chi connectivity index (χ1v) is 25.4. The molecule has 0 aromatic heterocycles. The highest BCUT2D eigenvalue weighted by molar-refractivity contribution is 6.99. The zero-order valence-electron chi connectivity index (χ0n) is 35.5. The Labute approximate surface area is 330 Å². The Bertz CT molecular complexity index is 1430. The number of ether oxygens (including phenoxy) is 2. The van der Waals surface area contributed by atoms with Crippen molar-refractivity contribution in [2.24, 2.45) is 11.8 Å². The molecule has 1 saturated carbocycles. The van der Waals surface area contributed by atoms with E-state index in [2.05, 4.69) is 147 Å². The molecule has 8 heteroatoms. The van der Waals surface area contributed by atoms with E-state index in [0.29, 0.717) is 19.4 Å². The minimum atomic E-state index is -2.89. The van der Waals surface area contributed by atoms with Crippen molar-refractivity contribution in [1.29, 1.82) is 0 Å². The molecule has 6 nitrogen and oxygen atoms in total. The number of carbonyl (C=O) groups excluding carboxylic acids is 2. The van der Waals surface area contributed by atoms with Gasteiger partial charge in [0, 0.05) is 25.7 Å². The van der Waals surface area contributed by atoms with Crippen molar-refractivity contribution in [2.75, 3.05) is 6.61 Å². The first-order valence-electron chi connectivity index (χ1n) is 20.6. The summed E-state index contributed by atoms with van der Waals surface area (Å²) >= 11 is 0. The number of unbranched alkanes of at least 4 members (excludes halogenated alkanes) is 3. The molecular formula is C46H72O6Si2. The van der Waals surface area contributed by atoms with Crippen LogP contribution in [0.25, 0.3) is 0 Å². The number of benzene rings is 2. The van der Waals surface area contributed by atoms with Gasteiger partial charge in [-0.05, 0) is 78.1 Å². The normalized spacial score (nSPS) is 20.4. The van der Waals surface area contributed by atoms with Crippen LogP contribution in [0.2, 0.25) is 23.2 Å². The van der Waals surface area contributed by atoms with Gasteiger partial charge >= 0.3 is 11.9 Å². The summed E-state index contributed by atoms with van der Waals surface area (Å²) in [6.07, 6.45) is 15.9. The number of hydrogen-bond acceptors (Lipinski definition) is 6. The molecule has 0 N–H and O–H groups in total. The molecule has 0 radical (unpaired) electrons. The summed E-state index contributed by atoms with van der Waals surface area (Å²) in [5.74, 6) is -0.126. The van der Waals surface area contributed by atoms with Gasteiger partial charge in [-0.2, -0.15) is 0 Å². The molecule has 0 unspecified atom stereocenters. The Morgan fingerprint density at radius 2 is 1.43 bits per heavy atom. The maximum Gasteiger partial charge on any atom is 0.305 e. The topological polar surface area (TPSA) is 71.1 Å². The van der Waals surface area contributed by atoms with Gasteiger partial charge in [0.2, 0.25) is 0 Å². The van der Waals surface area contributed by atoms with Crippen LogP contribution >= 0.6 is 0 Å². The lowest BCUT2D eigenvalue weighted by molar-refractivity contribution is -0.144. The maximum atomic E-state index is 12.4. The average molecular weight is 777 g/mol. The lowest BCUT2D eigenvalue weighted by atomic mass is 9.88. The van der Waals surface area contributed by atoms with Gasteiger partial charge in [0.25, 0.3) is 8.32 Å². The van der Waals surface area contributed by atoms with Gasteiger partial charge in [0.15, 0.2) is 8.32 Å². The summed E-state index contributed by atoms with van der Waals surface area (Å²) in [7, 11) is -5.01. The second-order valence-electron chi connectivity index (χ2n) is 17.6. The first kappa shape index (κ1) is 45.6. The molecule has 0 saturated heterocycles. The molecule has 3 rings (SSSR count). The van der Waals surface area contributed by atoms with Crippen LogP contribution < -0.4 is 10.4 Å². The van der Waals surface area contributed by atoms with Crippen LogP contribution in [0.1, 0.15) is 120 Å². The molecule has 1 aliphatic carbocycles. The Morgan fingerprint density at radius 1 is 0.815 bits per heavy atom. The fraction of sp³-hybridized carbons (Fsp3) is 0.609. The third-order valence-electron chi connectivity index (χ3n) is 11.5. The van der Waals surface area contributed by atoms with Crippen LogP contribution in [-0.2, 0) is 27.9 Å². The predicted octanol–water partition coefficient (Wildman–Crippen LogP) is 10.7. The third kappa shape index (κ3) is 12.6. The van der Waals surface area contributed by atoms with E-state index in [4.69, 9.17) is 18.3 Å². The molecular weight excluding hydrogens is 705 g/mol. The van der Waals surface area contributed by atoms with E-state index < -0.39 is 22.7 Å². The Hall–Kier alpha value is -2.79. The van der Waals surface area contributed by atoms with E-state index in [-0.39, 0.29) is 46.1 Å². The van der Waals surface area contributed by atoms with E-state index in [1.807, 2.05) is 6.92 Å². The van der Waals surface area contributed by atoms with E-state index >= 15 is 0 Å². The molecule has 5 atom stereocenters. The second-order valence-corrected chi connectivity index (χ2v) is 26.7. The highest BCUT2D eigenvalue weighted by Gasteiger charge is 2.55. The predicted molar refractivity (Wildman–Crippen MR) is 229 cm³/mol. The summed E-state index contributed by atoms with van der Waals surface area (Å²) in [4.78, 5) is 24.1. The van der Waals surface area contributed by atoms with Crippen LogP contribution in [0.15, 0.2) is 85.0 Å². The van der Waals surface area contributed by atoms with Gasteiger partial charge in [0.05, 0.1) is 18.8 Å². The minimum absolute atomic E-state index is 0.0621.